The molecule has 2 amide bonds. The van der Waals surface area contributed by atoms with Crippen molar-refractivity contribution in [3.63, 3.8) is 0 Å². The van der Waals surface area contributed by atoms with Crippen LogP contribution in [0.1, 0.15) is 36.3 Å². The number of carboxylic acid groups (broad SMARTS) is 1. The summed E-state index contributed by atoms with van der Waals surface area (Å²) in [5.74, 6) is -1.83. The standard InChI is InChI=1S/C25H29N3O5/c1-28(2)25(11-12-25)15-26-23(31)21(13-22(29)30)27-24(32)33-14-20-18-9-5-3-7-16(18)17-8-4-6-10-19(17)20/h3-10,20-21H,11-15H2,1-2H3,(H,26,31)(H,27,32)(H,29,30). The lowest BCUT2D eigenvalue weighted by molar-refractivity contribution is -0.139. The molecule has 2 aliphatic carbocycles. The number of hydrogen-bond donors (Lipinski definition) is 3. The second kappa shape index (κ2) is 9.23. The Balaban J connectivity index is 1.38. The molecule has 0 bridgehead atoms. The van der Waals surface area contributed by atoms with E-state index in [2.05, 4.69) is 15.5 Å². The molecule has 4 rings (SSSR count). The number of hydrogen-bond acceptors (Lipinski definition) is 5. The van der Waals surface area contributed by atoms with E-state index in [-0.39, 0.29) is 18.1 Å². The molecule has 8 nitrogen and oxygen atoms in total. The number of carbonyl (C=O) groups excluding carboxylic acids is 2. The summed E-state index contributed by atoms with van der Waals surface area (Å²) in [6, 6.07) is 14.8. The monoisotopic (exact) mass is 451 g/mol. The van der Waals surface area contributed by atoms with Crippen LogP contribution in [0.2, 0.25) is 0 Å². The number of carboxylic acids is 1. The normalized spacial score (nSPS) is 16.5. The van der Waals surface area contributed by atoms with Crippen LogP contribution in [0, 0.1) is 0 Å². The van der Waals surface area contributed by atoms with Gasteiger partial charge in [-0.2, -0.15) is 0 Å². The molecule has 0 radical (unpaired) electrons. The van der Waals surface area contributed by atoms with E-state index in [0.29, 0.717) is 6.54 Å². The third-order valence-electron chi connectivity index (χ3n) is 6.70. The first-order valence-corrected chi connectivity index (χ1v) is 11.1. The van der Waals surface area contributed by atoms with Crippen LogP contribution in [0.3, 0.4) is 0 Å². The van der Waals surface area contributed by atoms with Gasteiger partial charge in [0.05, 0.1) is 6.42 Å². The van der Waals surface area contributed by atoms with E-state index in [1.54, 1.807) is 0 Å². The van der Waals surface area contributed by atoms with Crippen molar-refractivity contribution >= 4 is 18.0 Å². The number of aliphatic carboxylic acids is 1. The highest BCUT2D eigenvalue weighted by atomic mass is 16.5. The predicted molar refractivity (Wildman–Crippen MR) is 123 cm³/mol. The molecule has 33 heavy (non-hydrogen) atoms. The van der Waals surface area contributed by atoms with Crippen LogP contribution in [0.4, 0.5) is 4.79 Å². The lowest BCUT2D eigenvalue weighted by atomic mass is 9.98. The summed E-state index contributed by atoms with van der Waals surface area (Å²) in [7, 11) is 3.89. The quantitative estimate of drug-likeness (QED) is 0.541. The number of ether oxygens (including phenoxy) is 1. The zero-order valence-electron chi connectivity index (χ0n) is 18.8. The van der Waals surface area contributed by atoms with Crippen molar-refractivity contribution in [2.24, 2.45) is 0 Å². The van der Waals surface area contributed by atoms with Crippen molar-refractivity contribution in [1.29, 1.82) is 0 Å². The third-order valence-corrected chi connectivity index (χ3v) is 6.70. The zero-order chi connectivity index (χ0) is 23.6. The summed E-state index contributed by atoms with van der Waals surface area (Å²) in [6.45, 7) is 0.492. The van der Waals surface area contributed by atoms with Crippen LogP contribution in [0.15, 0.2) is 48.5 Å². The SMILES string of the molecule is CN(C)C1(CNC(=O)C(CC(=O)O)NC(=O)OCC2c3ccccc3-c3ccccc32)CC1. The molecule has 1 atom stereocenters. The van der Waals surface area contributed by atoms with Crippen LogP contribution in [0.25, 0.3) is 11.1 Å². The molecular weight excluding hydrogens is 422 g/mol. The molecule has 0 saturated heterocycles. The largest absolute Gasteiger partial charge is 0.481 e. The molecule has 174 valence electrons. The summed E-state index contributed by atoms with van der Waals surface area (Å²) >= 11 is 0. The molecule has 1 unspecified atom stereocenters. The van der Waals surface area contributed by atoms with Gasteiger partial charge in [-0.05, 0) is 49.2 Å². The molecular formula is C25H29N3O5. The van der Waals surface area contributed by atoms with E-state index >= 15 is 0 Å². The topological polar surface area (TPSA) is 108 Å². The predicted octanol–water partition coefficient (Wildman–Crippen LogP) is 2.58. The number of rotatable bonds is 9. The zero-order valence-corrected chi connectivity index (χ0v) is 18.8. The molecule has 0 heterocycles. The van der Waals surface area contributed by atoms with E-state index in [1.807, 2.05) is 62.6 Å². The first kappa shape index (κ1) is 22.8. The van der Waals surface area contributed by atoms with Crippen molar-refractivity contribution in [2.45, 2.75) is 36.8 Å². The van der Waals surface area contributed by atoms with Crippen molar-refractivity contribution in [2.75, 3.05) is 27.2 Å². The number of benzene rings is 2. The first-order valence-electron chi connectivity index (χ1n) is 11.1. The van der Waals surface area contributed by atoms with Gasteiger partial charge in [-0.25, -0.2) is 4.79 Å². The molecule has 0 spiro atoms. The van der Waals surface area contributed by atoms with Gasteiger partial charge >= 0.3 is 12.1 Å². The highest BCUT2D eigenvalue weighted by Gasteiger charge is 2.45. The van der Waals surface area contributed by atoms with Crippen molar-refractivity contribution in [3.8, 4) is 11.1 Å². The van der Waals surface area contributed by atoms with E-state index < -0.39 is 30.4 Å². The number of amides is 2. The van der Waals surface area contributed by atoms with Crippen molar-refractivity contribution in [3.05, 3.63) is 59.7 Å². The molecule has 0 aliphatic heterocycles. The Labute approximate surface area is 192 Å². The second-order valence-corrected chi connectivity index (χ2v) is 8.96. The maximum Gasteiger partial charge on any atom is 0.407 e. The summed E-state index contributed by atoms with van der Waals surface area (Å²) < 4.78 is 5.47. The van der Waals surface area contributed by atoms with Gasteiger partial charge in [0.15, 0.2) is 0 Å². The molecule has 1 saturated carbocycles. The number of nitrogens with zero attached hydrogens (tertiary/aromatic N) is 1. The Morgan fingerprint density at radius 3 is 2.15 bits per heavy atom. The Hall–Kier alpha value is -3.39. The molecule has 8 heteroatoms. The van der Waals surface area contributed by atoms with Gasteiger partial charge in [-0.1, -0.05) is 48.5 Å². The highest BCUT2D eigenvalue weighted by molar-refractivity contribution is 5.89. The lowest BCUT2D eigenvalue weighted by Gasteiger charge is -2.25. The van der Waals surface area contributed by atoms with Gasteiger partial charge in [0, 0.05) is 18.0 Å². The number of nitrogens with one attached hydrogen (secondary N) is 2. The average Bonchev–Trinajstić information content (AvgIpc) is 3.52. The van der Waals surface area contributed by atoms with Gasteiger partial charge in [-0.3, -0.25) is 9.59 Å². The van der Waals surface area contributed by atoms with Gasteiger partial charge < -0.3 is 25.4 Å². The Kier molecular flexibility index (Phi) is 6.37. The lowest BCUT2D eigenvalue weighted by Crippen LogP contribution is -2.51. The minimum Gasteiger partial charge on any atom is -0.481 e. The Bertz CT molecular complexity index is 1020. The fourth-order valence-electron chi connectivity index (χ4n) is 4.47. The molecule has 1 fully saturated rings. The van der Waals surface area contributed by atoms with Gasteiger partial charge in [0.1, 0.15) is 12.6 Å². The molecule has 2 aromatic carbocycles. The minimum atomic E-state index is -1.21. The summed E-state index contributed by atoms with van der Waals surface area (Å²) in [6.07, 6.45) is 0.588. The van der Waals surface area contributed by atoms with Crippen LogP contribution >= 0.6 is 0 Å². The molecule has 0 aromatic heterocycles. The van der Waals surface area contributed by atoms with Gasteiger partial charge in [0.25, 0.3) is 0 Å². The van der Waals surface area contributed by atoms with Crippen LogP contribution in [0.5, 0.6) is 0 Å². The van der Waals surface area contributed by atoms with Crippen LogP contribution < -0.4 is 10.6 Å². The van der Waals surface area contributed by atoms with Crippen LogP contribution in [-0.2, 0) is 14.3 Å². The number of alkyl carbamates (subject to hydrolysis) is 1. The minimum absolute atomic E-state index is 0.0883. The number of likely N-dealkylation sites (N-methyl/N-ethyl adjacent to an activating group) is 1. The fraction of sp³-hybridized carbons (Fsp3) is 0.400. The smallest absolute Gasteiger partial charge is 0.407 e. The van der Waals surface area contributed by atoms with Crippen LogP contribution in [-0.4, -0.2) is 66.8 Å². The average molecular weight is 452 g/mol. The van der Waals surface area contributed by atoms with Gasteiger partial charge in [-0.15, -0.1) is 0 Å². The van der Waals surface area contributed by atoms with Crippen molar-refractivity contribution < 1.29 is 24.2 Å². The summed E-state index contributed by atoms with van der Waals surface area (Å²) in [5, 5.41) is 14.4. The fourth-order valence-corrected chi connectivity index (χ4v) is 4.47. The molecule has 3 N–H and O–H groups in total. The molecule has 2 aliphatic rings. The van der Waals surface area contributed by atoms with E-state index in [0.717, 1.165) is 35.1 Å². The Morgan fingerprint density at radius 2 is 1.64 bits per heavy atom. The first-order chi connectivity index (χ1) is 15.8. The summed E-state index contributed by atoms with van der Waals surface area (Å²) in [5.41, 5.74) is 4.28. The summed E-state index contributed by atoms with van der Waals surface area (Å²) in [4.78, 5) is 38.5. The number of carbonyl (C=O) groups is 3. The highest BCUT2D eigenvalue weighted by Crippen LogP contribution is 2.44. The van der Waals surface area contributed by atoms with Crippen molar-refractivity contribution in [1.82, 2.24) is 15.5 Å². The maximum absolute atomic E-state index is 12.6. The maximum atomic E-state index is 12.6. The number of fused-ring (bicyclic) bond motifs is 3. The van der Waals surface area contributed by atoms with E-state index in [1.165, 1.54) is 0 Å². The third kappa shape index (κ3) is 4.85. The van der Waals surface area contributed by atoms with Gasteiger partial charge in [0.2, 0.25) is 5.91 Å². The Morgan fingerprint density at radius 1 is 1.06 bits per heavy atom. The van der Waals surface area contributed by atoms with E-state index in [4.69, 9.17) is 4.74 Å². The molecule has 2 aromatic rings. The second-order valence-electron chi connectivity index (χ2n) is 8.96. The van der Waals surface area contributed by atoms with E-state index in [9.17, 15) is 19.5 Å².